The number of anilines is 2. The van der Waals surface area contributed by atoms with E-state index in [9.17, 15) is 13.2 Å². The number of hydrogen-bond donors (Lipinski definition) is 2. The molecule has 2 N–H and O–H groups in total. The van der Waals surface area contributed by atoms with Gasteiger partial charge >= 0.3 is 6.18 Å². The van der Waals surface area contributed by atoms with Crippen LogP contribution in [0.1, 0.15) is 11.3 Å². The quantitative estimate of drug-likeness (QED) is 0.900. The number of aromatic nitrogens is 2. The van der Waals surface area contributed by atoms with Crippen molar-refractivity contribution in [2.45, 2.75) is 12.7 Å². The van der Waals surface area contributed by atoms with E-state index in [1.54, 1.807) is 24.3 Å². The largest absolute Gasteiger partial charge is 0.433 e. The van der Waals surface area contributed by atoms with Crippen molar-refractivity contribution < 1.29 is 13.2 Å². The second kappa shape index (κ2) is 6.17. The van der Waals surface area contributed by atoms with Crippen LogP contribution in [0, 0.1) is 0 Å². The van der Waals surface area contributed by atoms with E-state index in [4.69, 9.17) is 11.6 Å². The highest BCUT2D eigenvalue weighted by Gasteiger charge is 2.33. The lowest BCUT2D eigenvalue weighted by atomic mass is 10.2. The Hall–Kier alpha value is -2.02. The van der Waals surface area contributed by atoms with Gasteiger partial charge in [-0.15, -0.1) is 0 Å². The second-order valence-electron chi connectivity index (χ2n) is 4.15. The molecular weight excluding hydrogens is 305 g/mol. The molecule has 0 unspecified atom stereocenters. The SMILES string of the molecule is CNc1nc(NCc2ccccc2Cl)cc(C(F)(F)F)n1. The predicted molar refractivity (Wildman–Crippen MR) is 75.4 cm³/mol. The van der Waals surface area contributed by atoms with Crippen LogP contribution in [0.3, 0.4) is 0 Å². The van der Waals surface area contributed by atoms with E-state index in [1.807, 2.05) is 0 Å². The summed E-state index contributed by atoms with van der Waals surface area (Å²) in [5.74, 6) is -0.0342. The van der Waals surface area contributed by atoms with Crippen LogP contribution in [-0.4, -0.2) is 17.0 Å². The van der Waals surface area contributed by atoms with Crippen LogP contribution < -0.4 is 10.6 Å². The van der Waals surface area contributed by atoms with Crippen molar-refractivity contribution in [3.63, 3.8) is 0 Å². The summed E-state index contributed by atoms with van der Waals surface area (Å²) in [5, 5.41) is 5.85. The van der Waals surface area contributed by atoms with Crippen molar-refractivity contribution in [3.8, 4) is 0 Å². The van der Waals surface area contributed by atoms with Gasteiger partial charge in [0.05, 0.1) is 0 Å². The highest BCUT2D eigenvalue weighted by molar-refractivity contribution is 6.31. The van der Waals surface area contributed by atoms with Crippen LogP contribution >= 0.6 is 11.6 Å². The van der Waals surface area contributed by atoms with Crippen molar-refractivity contribution in [1.82, 2.24) is 9.97 Å². The lowest BCUT2D eigenvalue weighted by molar-refractivity contribution is -0.141. The summed E-state index contributed by atoms with van der Waals surface area (Å²) in [6.07, 6.45) is -4.53. The van der Waals surface area contributed by atoms with E-state index >= 15 is 0 Å². The maximum absolute atomic E-state index is 12.7. The highest BCUT2D eigenvalue weighted by atomic mass is 35.5. The molecule has 0 saturated heterocycles. The molecule has 1 aromatic heterocycles. The van der Waals surface area contributed by atoms with Crippen LogP contribution in [0.25, 0.3) is 0 Å². The fourth-order valence-corrected chi connectivity index (χ4v) is 1.82. The third-order valence-corrected chi connectivity index (χ3v) is 3.03. The molecular formula is C13H12ClF3N4. The number of nitrogens with zero attached hydrogens (tertiary/aromatic N) is 2. The molecule has 2 rings (SSSR count). The predicted octanol–water partition coefficient (Wildman–Crippen LogP) is 3.80. The minimum Gasteiger partial charge on any atom is -0.366 e. The van der Waals surface area contributed by atoms with Crippen molar-refractivity contribution in [2.24, 2.45) is 0 Å². The first-order chi connectivity index (χ1) is 9.90. The van der Waals surface area contributed by atoms with Crippen molar-refractivity contribution in [2.75, 3.05) is 17.7 Å². The Morgan fingerprint density at radius 3 is 2.52 bits per heavy atom. The minimum atomic E-state index is -4.53. The number of halogens is 4. The lowest BCUT2D eigenvalue weighted by Crippen LogP contribution is -2.13. The van der Waals surface area contributed by atoms with E-state index in [2.05, 4.69) is 20.6 Å². The van der Waals surface area contributed by atoms with Crippen LogP contribution in [-0.2, 0) is 12.7 Å². The molecule has 0 aliphatic rings. The van der Waals surface area contributed by atoms with Crippen LogP contribution in [0.4, 0.5) is 24.9 Å². The van der Waals surface area contributed by atoms with Crippen LogP contribution in [0.2, 0.25) is 5.02 Å². The van der Waals surface area contributed by atoms with Crippen molar-refractivity contribution in [1.29, 1.82) is 0 Å². The summed E-state index contributed by atoms with van der Waals surface area (Å²) in [4.78, 5) is 7.32. The van der Waals surface area contributed by atoms with Gasteiger partial charge in [-0.3, -0.25) is 0 Å². The standard InChI is InChI=1S/C13H12ClF3N4/c1-18-12-20-10(13(15,16)17)6-11(21-12)19-7-8-4-2-3-5-9(8)14/h2-6H,7H2,1H3,(H2,18,19,20,21). The molecule has 21 heavy (non-hydrogen) atoms. The maximum atomic E-state index is 12.7. The average Bonchev–Trinajstić information content (AvgIpc) is 2.45. The number of nitrogens with one attached hydrogen (secondary N) is 2. The zero-order valence-corrected chi connectivity index (χ0v) is 11.8. The first kappa shape index (κ1) is 15.4. The molecule has 1 heterocycles. The summed E-state index contributed by atoms with van der Waals surface area (Å²) in [7, 11) is 1.45. The van der Waals surface area contributed by atoms with E-state index in [-0.39, 0.29) is 18.3 Å². The Morgan fingerprint density at radius 1 is 1.19 bits per heavy atom. The van der Waals surface area contributed by atoms with Gasteiger partial charge in [-0.25, -0.2) is 4.98 Å². The second-order valence-corrected chi connectivity index (χ2v) is 4.56. The molecule has 0 spiro atoms. The Balaban J connectivity index is 2.22. The Morgan fingerprint density at radius 2 is 1.90 bits per heavy atom. The highest BCUT2D eigenvalue weighted by Crippen LogP contribution is 2.29. The van der Waals surface area contributed by atoms with Crippen molar-refractivity contribution >= 4 is 23.4 Å². The minimum absolute atomic E-state index is 0.0709. The molecule has 112 valence electrons. The van der Waals surface area contributed by atoms with E-state index in [0.29, 0.717) is 5.02 Å². The molecule has 1 aromatic carbocycles. The third-order valence-electron chi connectivity index (χ3n) is 2.66. The number of rotatable bonds is 4. The molecule has 8 heteroatoms. The fourth-order valence-electron chi connectivity index (χ4n) is 1.62. The van der Waals surface area contributed by atoms with Gasteiger partial charge in [0.2, 0.25) is 5.95 Å². The average molecular weight is 317 g/mol. The lowest BCUT2D eigenvalue weighted by Gasteiger charge is -2.12. The number of hydrogen-bond acceptors (Lipinski definition) is 4. The zero-order valence-electron chi connectivity index (χ0n) is 11.0. The molecule has 4 nitrogen and oxygen atoms in total. The van der Waals surface area contributed by atoms with Crippen LogP contribution in [0.5, 0.6) is 0 Å². The van der Waals surface area contributed by atoms with Gasteiger partial charge in [-0.1, -0.05) is 29.8 Å². The van der Waals surface area contributed by atoms with Crippen molar-refractivity contribution in [3.05, 3.63) is 46.6 Å². The molecule has 0 bridgehead atoms. The Bertz CT molecular complexity index is 631. The molecule has 0 aliphatic carbocycles. The normalized spacial score (nSPS) is 11.3. The molecule has 2 aromatic rings. The fraction of sp³-hybridized carbons (Fsp3) is 0.231. The summed E-state index contributed by atoms with van der Waals surface area (Å²) < 4.78 is 38.2. The molecule has 0 amide bonds. The van der Waals surface area contributed by atoms with E-state index in [1.165, 1.54) is 7.05 Å². The van der Waals surface area contributed by atoms with Gasteiger partial charge in [0.25, 0.3) is 0 Å². The van der Waals surface area contributed by atoms with Gasteiger partial charge in [-0.2, -0.15) is 18.2 Å². The molecule has 0 fully saturated rings. The molecule has 0 saturated carbocycles. The van der Waals surface area contributed by atoms with Crippen LogP contribution in [0.15, 0.2) is 30.3 Å². The third kappa shape index (κ3) is 3.98. The summed E-state index contributed by atoms with van der Waals surface area (Å²) >= 11 is 5.99. The molecule has 0 radical (unpaired) electrons. The summed E-state index contributed by atoms with van der Waals surface area (Å²) in [6, 6.07) is 7.91. The maximum Gasteiger partial charge on any atom is 0.433 e. The van der Waals surface area contributed by atoms with Gasteiger partial charge in [0.1, 0.15) is 5.82 Å². The summed E-state index contributed by atoms with van der Waals surface area (Å²) in [5.41, 5.74) is -0.249. The number of alkyl halides is 3. The van der Waals surface area contributed by atoms with Gasteiger partial charge in [0, 0.05) is 24.7 Å². The summed E-state index contributed by atoms with van der Waals surface area (Å²) in [6.45, 7) is 0.261. The Kier molecular flexibility index (Phi) is 4.52. The van der Waals surface area contributed by atoms with Gasteiger partial charge in [-0.05, 0) is 11.6 Å². The topological polar surface area (TPSA) is 49.8 Å². The van der Waals surface area contributed by atoms with E-state index in [0.717, 1.165) is 11.6 Å². The zero-order chi connectivity index (χ0) is 15.5. The first-order valence-corrected chi connectivity index (χ1v) is 6.39. The first-order valence-electron chi connectivity index (χ1n) is 6.01. The Labute approximate surface area is 124 Å². The van der Waals surface area contributed by atoms with Gasteiger partial charge < -0.3 is 10.6 Å². The smallest absolute Gasteiger partial charge is 0.366 e. The van der Waals surface area contributed by atoms with E-state index < -0.39 is 11.9 Å². The monoisotopic (exact) mass is 316 g/mol. The molecule has 0 atom stereocenters. The number of benzene rings is 1. The van der Waals surface area contributed by atoms with Gasteiger partial charge in [0.15, 0.2) is 5.69 Å². The molecule has 0 aliphatic heterocycles.